The van der Waals surface area contributed by atoms with Gasteiger partial charge >= 0.3 is 7.60 Å². The van der Waals surface area contributed by atoms with Crippen LogP contribution in [0.25, 0.3) is 0 Å². The molecule has 1 unspecified atom stereocenters. The molecule has 0 aromatic heterocycles. The van der Waals surface area contributed by atoms with Gasteiger partial charge in [0.1, 0.15) is 0 Å². The summed E-state index contributed by atoms with van der Waals surface area (Å²) in [5, 5.41) is 10.8. The van der Waals surface area contributed by atoms with Crippen molar-refractivity contribution >= 4 is 7.60 Å². The highest BCUT2D eigenvalue weighted by molar-refractivity contribution is 7.53. The molecule has 1 aliphatic carbocycles. The molecular formula is C15H23O4P. The highest BCUT2D eigenvalue weighted by Crippen LogP contribution is 2.52. The van der Waals surface area contributed by atoms with Gasteiger partial charge in [0.15, 0.2) is 0 Å². The van der Waals surface area contributed by atoms with Gasteiger partial charge in [-0.1, -0.05) is 24.3 Å². The third-order valence-corrected chi connectivity index (χ3v) is 5.92. The third kappa shape index (κ3) is 3.70. The molecule has 5 heteroatoms. The van der Waals surface area contributed by atoms with Gasteiger partial charge in [-0.25, -0.2) is 0 Å². The van der Waals surface area contributed by atoms with Gasteiger partial charge in [0.05, 0.1) is 25.0 Å². The maximum absolute atomic E-state index is 12.6. The quantitative estimate of drug-likeness (QED) is 0.820. The second-order valence-electron chi connectivity index (χ2n) is 5.27. The molecule has 0 aliphatic heterocycles. The fourth-order valence-corrected chi connectivity index (χ4v) is 4.84. The van der Waals surface area contributed by atoms with Crippen LogP contribution in [0.2, 0.25) is 0 Å². The normalized spacial score (nSPS) is 22.6. The first kappa shape index (κ1) is 15.7. The molecule has 4 nitrogen and oxygen atoms in total. The minimum absolute atomic E-state index is 0.0655. The molecule has 0 spiro atoms. The summed E-state index contributed by atoms with van der Waals surface area (Å²) in [6.45, 7) is 4.21. The molecule has 0 amide bonds. The zero-order chi connectivity index (χ0) is 14.6. The standard InChI is InChI=1S/C15H23O4P/c1-3-18-20(17,19-4-2)12-15(16)10-9-13-7-5-6-8-14(13)11-15/h5-8,16H,3-4,9-12H2,1-2H3. The van der Waals surface area contributed by atoms with E-state index >= 15 is 0 Å². The summed E-state index contributed by atoms with van der Waals surface area (Å²) in [5.74, 6) is 0. The van der Waals surface area contributed by atoms with Crippen LogP contribution in [0.5, 0.6) is 0 Å². The van der Waals surface area contributed by atoms with Crippen molar-refractivity contribution in [1.29, 1.82) is 0 Å². The Morgan fingerprint density at radius 3 is 2.40 bits per heavy atom. The van der Waals surface area contributed by atoms with Crippen molar-refractivity contribution in [1.82, 2.24) is 0 Å². The molecule has 2 rings (SSSR count). The van der Waals surface area contributed by atoms with Crippen molar-refractivity contribution in [3.63, 3.8) is 0 Å². The van der Waals surface area contributed by atoms with Crippen LogP contribution in [-0.4, -0.2) is 30.1 Å². The van der Waals surface area contributed by atoms with E-state index in [0.29, 0.717) is 26.1 Å². The van der Waals surface area contributed by atoms with Crippen LogP contribution in [0.1, 0.15) is 31.4 Å². The summed E-state index contributed by atoms with van der Waals surface area (Å²) in [7, 11) is -3.22. The smallest absolute Gasteiger partial charge is 0.333 e. The largest absolute Gasteiger partial charge is 0.389 e. The average molecular weight is 298 g/mol. The van der Waals surface area contributed by atoms with Gasteiger partial charge in [-0.15, -0.1) is 0 Å². The number of rotatable bonds is 6. The van der Waals surface area contributed by atoms with Crippen molar-refractivity contribution in [3.05, 3.63) is 35.4 Å². The van der Waals surface area contributed by atoms with E-state index in [1.807, 2.05) is 18.2 Å². The molecule has 1 aromatic carbocycles. The highest BCUT2D eigenvalue weighted by Gasteiger charge is 2.40. The number of benzene rings is 1. The molecule has 1 N–H and O–H groups in total. The molecule has 0 bridgehead atoms. The van der Waals surface area contributed by atoms with Crippen molar-refractivity contribution < 1.29 is 18.7 Å². The first-order valence-corrected chi connectivity index (χ1v) is 8.90. The molecule has 0 heterocycles. The Bertz CT molecular complexity index is 492. The lowest BCUT2D eigenvalue weighted by Gasteiger charge is -2.35. The lowest BCUT2D eigenvalue weighted by molar-refractivity contribution is 0.0411. The number of hydrogen-bond acceptors (Lipinski definition) is 4. The summed E-state index contributed by atoms with van der Waals surface area (Å²) in [6, 6.07) is 8.08. The van der Waals surface area contributed by atoms with Crippen LogP contribution in [0.15, 0.2) is 24.3 Å². The van der Waals surface area contributed by atoms with Crippen LogP contribution in [0.3, 0.4) is 0 Å². The van der Waals surface area contributed by atoms with Crippen LogP contribution >= 0.6 is 7.60 Å². The molecule has 1 aliphatic rings. The van der Waals surface area contributed by atoms with E-state index in [4.69, 9.17) is 9.05 Å². The van der Waals surface area contributed by atoms with E-state index in [9.17, 15) is 9.67 Å². The van der Waals surface area contributed by atoms with E-state index in [-0.39, 0.29) is 6.16 Å². The van der Waals surface area contributed by atoms with Gasteiger partial charge < -0.3 is 14.2 Å². The van der Waals surface area contributed by atoms with Crippen LogP contribution in [0.4, 0.5) is 0 Å². The van der Waals surface area contributed by atoms with E-state index in [1.165, 1.54) is 5.56 Å². The SMILES string of the molecule is CCOP(=O)(CC1(O)CCc2ccccc2C1)OCC. The predicted molar refractivity (Wildman–Crippen MR) is 79.1 cm³/mol. The summed E-state index contributed by atoms with van der Waals surface area (Å²) in [4.78, 5) is 0. The van der Waals surface area contributed by atoms with Crippen molar-refractivity contribution in [2.75, 3.05) is 19.4 Å². The van der Waals surface area contributed by atoms with Gasteiger partial charge in [0.25, 0.3) is 0 Å². The zero-order valence-electron chi connectivity index (χ0n) is 12.2. The third-order valence-electron chi connectivity index (χ3n) is 3.64. The topological polar surface area (TPSA) is 55.8 Å². The van der Waals surface area contributed by atoms with Crippen molar-refractivity contribution in [3.8, 4) is 0 Å². The van der Waals surface area contributed by atoms with E-state index < -0.39 is 13.2 Å². The van der Waals surface area contributed by atoms with E-state index in [1.54, 1.807) is 13.8 Å². The maximum atomic E-state index is 12.6. The molecule has 1 atom stereocenters. The Hall–Kier alpha value is -0.670. The zero-order valence-corrected chi connectivity index (χ0v) is 13.1. The lowest BCUT2D eigenvalue weighted by Crippen LogP contribution is -2.39. The summed E-state index contributed by atoms with van der Waals surface area (Å²) < 4.78 is 23.2. The number of fused-ring (bicyclic) bond motifs is 1. The average Bonchev–Trinajstić information content (AvgIpc) is 2.38. The predicted octanol–water partition coefficient (Wildman–Crippen LogP) is 3.17. The molecule has 0 saturated carbocycles. The van der Waals surface area contributed by atoms with Gasteiger partial charge in [-0.2, -0.15) is 0 Å². The summed E-state index contributed by atoms with van der Waals surface area (Å²) in [6.07, 6.45) is 1.96. The Balaban J connectivity index is 2.14. The highest BCUT2D eigenvalue weighted by atomic mass is 31.2. The first-order chi connectivity index (χ1) is 9.50. The van der Waals surface area contributed by atoms with Crippen LogP contribution in [-0.2, 0) is 26.5 Å². The minimum Gasteiger partial charge on any atom is -0.389 e. The Labute approximate surface area is 120 Å². The molecule has 0 fully saturated rings. The molecule has 1 aromatic rings. The van der Waals surface area contributed by atoms with Crippen molar-refractivity contribution in [2.45, 2.75) is 38.7 Å². The molecular weight excluding hydrogens is 275 g/mol. The molecule has 112 valence electrons. The Morgan fingerprint density at radius 1 is 1.20 bits per heavy atom. The number of aliphatic hydroxyl groups is 1. The Morgan fingerprint density at radius 2 is 1.80 bits per heavy atom. The lowest BCUT2D eigenvalue weighted by atomic mass is 9.82. The maximum Gasteiger partial charge on any atom is 0.333 e. The fraction of sp³-hybridized carbons (Fsp3) is 0.600. The molecule has 0 saturated heterocycles. The van der Waals surface area contributed by atoms with Gasteiger partial charge in [0, 0.05) is 6.42 Å². The van der Waals surface area contributed by atoms with Crippen LogP contribution < -0.4 is 0 Å². The second kappa shape index (κ2) is 6.40. The monoisotopic (exact) mass is 298 g/mol. The van der Waals surface area contributed by atoms with Crippen LogP contribution in [0, 0.1) is 0 Å². The van der Waals surface area contributed by atoms with E-state index in [2.05, 4.69) is 6.07 Å². The van der Waals surface area contributed by atoms with Crippen molar-refractivity contribution in [2.24, 2.45) is 0 Å². The minimum atomic E-state index is -3.22. The van der Waals surface area contributed by atoms with Gasteiger partial charge in [-0.3, -0.25) is 4.57 Å². The van der Waals surface area contributed by atoms with E-state index in [0.717, 1.165) is 12.0 Å². The molecule has 0 radical (unpaired) electrons. The second-order valence-corrected chi connectivity index (χ2v) is 7.33. The Kier molecular flexibility index (Phi) is 5.03. The molecule has 20 heavy (non-hydrogen) atoms. The summed E-state index contributed by atoms with van der Waals surface area (Å²) in [5.41, 5.74) is 1.38. The first-order valence-electron chi connectivity index (χ1n) is 7.17. The summed E-state index contributed by atoms with van der Waals surface area (Å²) >= 11 is 0. The number of aryl methyl sites for hydroxylation is 1. The van der Waals surface area contributed by atoms with Gasteiger partial charge in [-0.05, 0) is 37.8 Å². The fourth-order valence-electron chi connectivity index (χ4n) is 2.80. The number of hydrogen-bond donors (Lipinski definition) is 1. The van der Waals surface area contributed by atoms with Gasteiger partial charge in [0.2, 0.25) is 0 Å².